The molecule has 0 saturated heterocycles. The average molecular weight is 322 g/mol. The van der Waals surface area contributed by atoms with Gasteiger partial charge in [0.15, 0.2) is 10.9 Å². The molecule has 23 heavy (non-hydrogen) atoms. The highest BCUT2D eigenvalue weighted by Crippen LogP contribution is 2.26. The number of hydrogen-bond acceptors (Lipinski definition) is 5. The average Bonchev–Trinajstić information content (AvgIpc) is 3.23. The number of nitriles is 1. The van der Waals surface area contributed by atoms with Crippen LogP contribution in [0.3, 0.4) is 0 Å². The maximum absolute atomic E-state index is 8.83. The van der Waals surface area contributed by atoms with E-state index in [0.29, 0.717) is 23.7 Å². The molecule has 2 heterocycles. The summed E-state index contributed by atoms with van der Waals surface area (Å²) in [7, 11) is 0. The summed E-state index contributed by atoms with van der Waals surface area (Å²) < 4.78 is 7.38. The van der Waals surface area contributed by atoms with Crippen LogP contribution in [-0.4, -0.2) is 14.8 Å². The molecule has 0 aliphatic heterocycles. The molecule has 0 bridgehead atoms. The molecule has 6 heteroatoms. The van der Waals surface area contributed by atoms with Crippen molar-refractivity contribution in [1.29, 1.82) is 5.26 Å². The molecule has 0 aliphatic rings. The maximum Gasteiger partial charge on any atom is 0.200 e. The lowest BCUT2D eigenvalue weighted by Crippen LogP contribution is -2.00. The topological polar surface area (TPSA) is 67.6 Å². The fourth-order valence-electron chi connectivity index (χ4n) is 2.10. The van der Waals surface area contributed by atoms with Crippen molar-refractivity contribution in [2.24, 2.45) is 0 Å². The lowest BCUT2D eigenvalue weighted by atomic mass is 10.2. The third kappa shape index (κ3) is 3.35. The van der Waals surface area contributed by atoms with Gasteiger partial charge in [0.25, 0.3) is 0 Å². The van der Waals surface area contributed by atoms with Gasteiger partial charge >= 0.3 is 0 Å². The Kier molecular flexibility index (Phi) is 4.60. The van der Waals surface area contributed by atoms with Crippen LogP contribution >= 0.6 is 11.8 Å². The van der Waals surface area contributed by atoms with Crippen LogP contribution < -0.4 is 0 Å². The zero-order chi connectivity index (χ0) is 16.1. The Morgan fingerprint density at radius 2 is 2.09 bits per heavy atom. The van der Waals surface area contributed by atoms with E-state index in [1.165, 1.54) is 0 Å². The second kappa shape index (κ2) is 6.99. The highest BCUT2D eigenvalue weighted by Gasteiger charge is 2.15. The minimum absolute atomic E-state index is 0.610. The van der Waals surface area contributed by atoms with E-state index in [-0.39, 0.29) is 0 Å². The predicted molar refractivity (Wildman–Crippen MR) is 88.6 cm³/mol. The van der Waals surface area contributed by atoms with Crippen LogP contribution in [0.15, 0.2) is 64.9 Å². The summed E-state index contributed by atoms with van der Waals surface area (Å²) in [5.74, 6) is 2.13. The molecule has 114 valence electrons. The van der Waals surface area contributed by atoms with E-state index >= 15 is 0 Å². The Hall–Kier alpha value is -2.78. The first-order chi connectivity index (χ1) is 11.3. The van der Waals surface area contributed by atoms with Crippen LogP contribution in [0.4, 0.5) is 0 Å². The van der Waals surface area contributed by atoms with E-state index in [9.17, 15) is 0 Å². The second-order valence-electron chi connectivity index (χ2n) is 4.78. The van der Waals surface area contributed by atoms with Crippen molar-refractivity contribution >= 4 is 11.8 Å². The lowest BCUT2D eigenvalue weighted by Gasteiger charge is -2.06. The Morgan fingerprint density at radius 1 is 1.26 bits per heavy atom. The normalized spacial score (nSPS) is 10.4. The Labute approximate surface area is 138 Å². The van der Waals surface area contributed by atoms with E-state index in [4.69, 9.17) is 9.68 Å². The van der Waals surface area contributed by atoms with Crippen molar-refractivity contribution in [1.82, 2.24) is 14.8 Å². The second-order valence-corrected chi connectivity index (χ2v) is 5.72. The standard InChI is InChI=1S/C17H14N4OS/c1-2-9-21-16(15-4-3-10-22-15)19-20-17(21)23-12-14-7-5-13(11-18)6-8-14/h2-8,10H,1,9,12H2. The summed E-state index contributed by atoms with van der Waals surface area (Å²) in [6, 6.07) is 13.3. The van der Waals surface area contributed by atoms with Gasteiger partial charge in [0.2, 0.25) is 5.82 Å². The quantitative estimate of drug-likeness (QED) is 0.509. The number of benzene rings is 1. The van der Waals surface area contributed by atoms with Gasteiger partial charge in [-0.05, 0) is 29.8 Å². The number of thioether (sulfide) groups is 1. The van der Waals surface area contributed by atoms with Gasteiger partial charge in [-0.1, -0.05) is 30.0 Å². The molecular weight excluding hydrogens is 308 g/mol. The van der Waals surface area contributed by atoms with E-state index in [1.807, 2.05) is 47.0 Å². The molecule has 3 aromatic rings. The number of nitrogens with zero attached hydrogens (tertiary/aromatic N) is 4. The number of rotatable bonds is 6. The first-order valence-electron chi connectivity index (χ1n) is 7.01. The zero-order valence-corrected chi connectivity index (χ0v) is 13.2. The van der Waals surface area contributed by atoms with Crippen LogP contribution in [0, 0.1) is 11.3 Å². The van der Waals surface area contributed by atoms with Gasteiger partial charge in [0.1, 0.15) is 0 Å². The van der Waals surface area contributed by atoms with Crippen molar-refractivity contribution < 1.29 is 4.42 Å². The van der Waals surface area contributed by atoms with Gasteiger partial charge in [-0.3, -0.25) is 4.57 Å². The van der Waals surface area contributed by atoms with Gasteiger partial charge < -0.3 is 4.42 Å². The summed E-state index contributed by atoms with van der Waals surface area (Å²) in [5.41, 5.74) is 1.79. The number of furan rings is 1. The minimum Gasteiger partial charge on any atom is -0.461 e. The minimum atomic E-state index is 0.610. The van der Waals surface area contributed by atoms with Crippen LogP contribution in [0.2, 0.25) is 0 Å². The fraction of sp³-hybridized carbons (Fsp3) is 0.118. The molecule has 0 fully saturated rings. The monoisotopic (exact) mass is 322 g/mol. The Balaban J connectivity index is 1.79. The summed E-state index contributed by atoms with van der Waals surface area (Å²) in [6.45, 7) is 4.40. The summed E-state index contributed by atoms with van der Waals surface area (Å²) in [5, 5.41) is 18.1. The molecular formula is C17H14N4OS. The molecule has 5 nitrogen and oxygen atoms in total. The highest BCUT2D eigenvalue weighted by molar-refractivity contribution is 7.98. The molecule has 0 radical (unpaired) electrons. The fourth-order valence-corrected chi connectivity index (χ4v) is 3.00. The Morgan fingerprint density at radius 3 is 2.74 bits per heavy atom. The molecule has 0 unspecified atom stereocenters. The van der Waals surface area contributed by atoms with E-state index < -0.39 is 0 Å². The van der Waals surface area contributed by atoms with Gasteiger partial charge in [0.05, 0.1) is 17.9 Å². The third-order valence-corrected chi connectivity index (χ3v) is 4.26. The maximum atomic E-state index is 8.83. The van der Waals surface area contributed by atoms with Gasteiger partial charge in [-0.15, -0.1) is 16.8 Å². The van der Waals surface area contributed by atoms with Crippen LogP contribution in [-0.2, 0) is 12.3 Å². The van der Waals surface area contributed by atoms with Crippen molar-refractivity contribution in [2.75, 3.05) is 0 Å². The number of aromatic nitrogens is 3. The SMILES string of the molecule is C=CCn1c(SCc2ccc(C#N)cc2)nnc1-c1ccco1. The van der Waals surface area contributed by atoms with Crippen molar-refractivity contribution in [3.05, 3.63) is 66.4 Å². The summed E-state index contributed by atoms with van der Waals surface area (Å²) >= 11 is 1.59. The molecule has 0 N–H and O–H groups in total. The first-order valence-corrected chi connectivity index (χ1v) is 8.00. The Bertz CT molecular complexity index is 829. The molecule has 0 atom stereocenters. The van der Waals surface area contributed by atoms with Gasteiger partial charge in [-0.25, -0.2) is 0 Å². The molecule has 0 spiro atoms. The molecule has 2 aromatic heterocycles. The van der Waals surface area contributed by atoms with Gasteiger partial charge in [-0.2, -0.15) is 5.26 Å². The predicted octanol–water partition coefficient (Wildman–Crippen LogP) is 3.89. The van der Waals surface area contributed by atoms with Crippen LogP contribution in [0.1, 0.15) is 11.1 Å². The lowest BCUT2D eigenvalue weighted by molar-refractivity contribution is 0.569. The summed E-state index contributed by atoms with van der Waals surface area (Å²) in [6.07, 6.45) is 3.42. The van der Waals surface area contributed by atoms with Crippen molar-refractivity contribution in [3.8, 4) is 17.7 Å². The number of allylic oxidation sites excluding steroid dienone is 1. The third-order valence-electron chi connectivity index (χ3n) is 3.22. The van der Waals surface area contributed by atoms with Crippen molar-refractivity contribution in [3.63, 3.8) is 0 Å². The van der Waals surface area contributed by atoms with Crippen LogP contribution in [0.25, 0.3) is 11.6 Å². The molecule has 0 aliphatic carbocycles. The van der Waals surface area contributed by atoms with E-state index in [2.05, 4.69) is 22.8 Å². The highest BCUT2D eigenvalue weighted by atomic mass is 32.2. The van der Waals surface area contributed by atoms with E-state index in [0.717, 1.165) is 16.5 Å². The van der Waals surface area contributed by atoms with E-state index in [1.54, 1.807) is 18.0 Å². The van der Waals surface area contributed by atoms with Crippen LogP contribution in [0.5, 0.6) is 0 Å². The molecule has 0 amide bonds. The largest absolute Gasteiger partial charge is 0.461 e. The number of hydrogen-bond donors (Lipinski definition) is 0. The smallest absolute Gasteiger partial charge is 0.200 e. The summed E-state index contributed by atoms with van der Waals surface area (Å²) in [4.78, 5) is 0. The molecule has 0 saturated carbocycles. The molecule has 1 aromatic carbocycles. The van der Waals surface area contributed by atoms with Crippen molar-refractivity contribution in [2.45, 2.75) is 17.5 Å². The molecule has 3 rings (SSSR count). The zero-order valence-electron chi connectivity index (χ0n) is 12.3. The van der Waals surface area contributed by atoms with Gasteiger partial charge in [0, 0.05) is 12.3 Å². The first kappa shape index (κ1) is 15.1.